The predicted octanol–water partition coefficient (Wildman–Crippen LogP) is 0.234. The third-order valence-electron chi connectivity index (χ3n) is 2.03. The number of carbonyl (C=O) groups excluding carboxylic acids is 1. The minimum atomic E-state index is 0.00417. The highest BCUT2D eigenvalue weighted by molar-refractivity contribution is 5.78. The van der Waals surface area contributed by atoms with Crippen LogP contribution >= 0.6 is 0 Å². The summed E-state index contributed by atoms with van der Waals surface area (Å²) in [4.78, 5) is 14.9. The molecule has 1 aromatic rings. The first kappa shape index (κ1) is 8.96. The number of hydrogen-bond donors (Lipinski definition) is 3. The highest BCUT2D eigenvalue weighted by Gasteiger charge is 2.19. The molecule has 3 N–H and O–H groups in total. The molecule has 1 atom stereocenters. The van der Waals surface area contributed by atoms with E-state index in [2.05, 4.69) is 21.2 Å². The topological polar surface area (TPSA) is 66.0 Å². The molecule has 0 spiro atoms. The number of rotatable bonds is 3. The number of carbonyl (C=O) groups is 1. The molecule has 14 heavy (non-hydrogen) atoms. The maximum atomic E-state index is 10.9. The molecular weight excluding hydrogens is 180 g/mol. The van der Waals surface area contributed by atoms with Gasteiger partial charge < -0.3 is 10.7 Å². The number of aromatic nitrogens is 1. The van der Waals surface area contributed by atoms with E-state index < -0.39 is 0 Å². The molecule has 5 nitrogen and oxygen atoms in total. The lowest BCUT2D eigenvalue weighted by atomic mass is 10.3. The average Bonchev–Trinajstić information content (AvgIpc) is 2.63. The molecule has 74 valence electrons. The van der Waals surface area contributed by atoms with E-state index in [-0.39, 0.29) is 12.1 Å². The number of nitrogens with zero attached hydrogens (tertiary/aromatic N) is 1. The van der Waals surface area contributed by atoms with Gasteiger partial charge in [-0.3, -0.25) is 4.79 Å². The molecule has 0 bridgehead atoms. The van der Waals surface area contributed by atoms with Gasteiger partial charge in [-0.1, -0.05) is 6.07 Å². The summed E-state index contributed by atoms with van der Waals surface area (Å²) in [5.41, 5.74) is 5.92. The van der Waals surface area contributed by atoms with Crippen molar-refractivity contribution in [3.05, 3.63) is 24.4 Å². The van der Waals surface area contributed by atoms with Crippen LogP contribution in [0.3, 0.4) is 0 Å². The van der Waals surface area contributed by atoms with Gasteiger partial charge in [-0.05, 0) is 18.6 Å². The Morgan fingerprint density at radius 1 is 1.50 bits per heavy atom. The summed E-state index contributed by atoms with van der Waals surface area (Å²) in [6.07, 6.45) is 3.10. The second kappa shape index (κ2) is 4.06. The molecule has 0 saturated carbocycles. The van der Waals surface area contributed by atoms with Crippen molar-refractivity contribution in [3.8, 4) is 0 Å². The molecule has 1 fully saturated rings. The van der Waals surface area contributed by atoms with Crippen molar-refractivity contribution in [2.24, 2.45) is 0 Å². The summed E-state index contributed by atoms with van der Waals surface area (Å²) in [5, 5.41) is 2.78. The zero-order chi connectivity index (χ0) is 9.80. The van der Waals surface area contributed by atoms with E-state index in [1.807, 2.05) is 18.2 Å². The van der Waals surface area contributed by atoms with Crippen LogP contribution in [0.5, 0.6) is 0 Å². The monoisotopic (exact) mass is 192 g/mol. The van der Waals surface area contributed by atoms with Crippen molar-refractivity contribution in [2.45, 2.75) is 19.0 Å². The zero-order valence-corrected chi connectivity index (χ0v) is 7.66. The average molecular weight is 192 g/mol. The molecule has 2 heterocycles. The Morgan fingerprint density at radius 2 is 2.43 bits per heavy atom. The van der Waals surface area contributed by atoms with Gasteiger partial charge in [0.2, 0.25) is 5.91 Å². The third kappa shape index (κ3) is 2.20. The molecule has 1 unspecified atom stereocenters. The lowest BCUT2D eigenvalue weighted by molar-refractivity contribution is -0.119. The predicted molar refractivity (Wildman–Crippen MR) is 52.2 cm³/mol. The van der Waals surface area contributed by atoms with Crippen molar-refractivity contribution in [1.29, 1.82) is 0 Å². The van der Waals surface area contributed by atoms with Gasteiger partial charge in [-0.25, -0.2) is 10.4 Å². The normalized spacial score (nSPS) is 20.6. The van der Waals surface area contributed by atoms with Crippen LogP contribution in [0.15, 0.2) is 24.4 Å². The van der Waals surface area contributed by atoms with Crippen LogP contribution in [0, 0.1) is 0 Å². The Kier molecular flexibility index (Phi) is 2.60. The molecular formula is C9H12N4O. The molecule has 1 saturated heterocycles. The molecule has 0 aliphatic carbocycles. The minimum absolute atomic E-state index is 0.00417. The summed E-state index contributed by atoms with van der Waals surface area (Å²) in [7, 11) is 0. The number of hydrazine groups is 1. The fraction of sp³-hybridized carbons (Fsp3) is 0.333. The lowest BCUT2D eigenvalue weighted by Crippen LogP contribution is -2.42. The van der Waals surface area contributed by atoms with Gasteiger partial charge >= 0.3 is 0 Å². The third-order valence-corrected chi connectivity index (χ3v) is 2.03. The molecule has 0 aromatic carbocycles. The Hall–Kier alpha value is -1.62. The van der Waals surface area contributed by atoms with Crippen LogP contribution < -0.4 is 16.2 Å². The summed E-state index contributed by atoms with van der Waals surface area (Å²) < 4.78 is 0. The second-order valence-electron chi connectivity index (χ2n) is 3.14. The maximum Gasteiger partial charge on any atom is 0.221 e. The van der Waals surface area contributed by atoms with E-state index in [0.717, 1.165) is 12.2 Å². The Bertz CT molecular complexity index is 314. The first-order valence-corrected chi connectivity index (χ1v) is 4.56. The van der Waals surface area contributed by atoms with Gasteiger partial charge in [0.05, 0.1) is 6.17 Å². The fourth-order valence-corrected chi connectivity index (χ4v) is 1.32. The van der Waals surface area contributed by atoms with Gasteiger partial charge in [-0.15, -0.1) is 0 Å². The van der Waals surface area contributed by atoms with Crippen molar-refractivity contribution >= 4 is 11.7 Å². The van der Waals surface area contributed by atoms with Gasteiger partial charge in [0.25, 0.3) is 0 Å². The number of anilines is 1. The zero-order valence-electron chi connectivity index (χ0n) is 7.66. The first-order valence-electron chi connectivity index (χ1n) is 4.56. The lowest BCUT2D eigenvalue weighted by Gasteiger charge is -2.13. The molecule has 1 amide bonds. The number of hydrogen-bond acceptors (Lipinski definition) is 4. The van der Waals surface area contributed by atoms with Crippen molar-refractivity contribution in [3.63, 3.8) is 0 Å². The molecule has 1 aromatic heterocycles. The van der Waals surface area contributed by atoms with E-state index in [1.165, 1.54) is 0 Å². The molecule has 1 aliphatic rings. The van der Waals surface area contributed by atoms with Gasteiger partial charge in [0, 0.05) is 12.6 Å². The standard InChI is InChI=1S/C9H12N4O/c14-9-5-4-8(11-9)13-12-7-3-1-2-6-10-7/h1-3,6,8,13H,4-5H2,(H,10,12)(H,11,14). The number of amides is 1. The summed E-state index contributed by atoms with van der Waals surface area (Å²) >= 11 is 0. The van der Waals surface area contributed by atoms with Crippen LogP contribution in [0.4, 0.5) is 5.82 Å². The fourth-order valence-electron chi connectivity index (χ4n) is 1.32. The van der Waals surface area contributed by atoms with Crippen LogP contribution in [0.25, 0.3) is 0 Å². The molecule has 2 rings (SSSR count). The number of nitrogens with one attached hydrogen (secondary N) is 3. The van der Waals surface area contributed by atoms with Crippen molar-refractivity contribution < 1.29 is 4.79 Å². The Balaban J connectivity index is 1.80. The van der Waals surface area contributed by atoms with Crippen molar-refractivity contribution in [2.75, 3.05) is 5.43 Å². The highest BCUT2D eigenvalue weighted by Crippen LogP contribution is 2.04. The summed E-state index contributed by atoms with van der Waals surface area (Å²) in [6.45, 7) is 0. The molecule has 1 aliphatic heterocycles. The van der Waals surface area contributed by atoms with Crippen LogP contribution in [0.1, 0.15) is 12.8 Å². The summed E-state index contributed by atoms with van der Waals surface area (Å²) in [6, 6.07) is 5.59. The quantitative estimate of drug-likeness (QED) is 0.600. The van der Waals surface area contributed by atoms with Gasteiger partial charge in [0.1, 0.15) is 5.82 Å². The van der Waals surface area contributed by atoms with Gasteiger partial charge in [0.15, 0.2) is 0 Å². The van der Waals surface area contributed by atoms with E-state index >= 15 is 0 Å². The van der Waals surface area contributed by atoms with Crippen LogP contribution in [-0.2, 0) is 4.79 Å². The maximum absolute atomic E-state index is 10.9. The van der Waals surface area contributed by atoms with Crippen molar-refractivity contribution in [1.82, 2.24) is 15.7 Å². The van der Waals surface area contributed by atoms with E-state index in [4.69, 9.17) is 0 Å². The highest BCUT2D eigenvalue weighted by atomic mass is 16.2. The SMILES string of the molecule is O=C1CCC(NNc2ccccn2)N1. The molecule has 5 heteroatoms. The minimum Gasteiger partial charge on any atom is -0.339 e. The van der Waals surface area contributed by atoms with E-state index in [0.29, 0.717) is 6.42 Å². The Labute approximate surface area is 81.9 Å². The summed E-state index contributed by atoms with van der Waals surface area (Å²) in [5.74, 6) is 0.832. The van der Waals surface area contributed by atoms with Crippen LogP contribution in [-0.4, -0.2) is 17.1 Å². The van der Waals surface area contributed by atoms with Crippen LogP contribution in [0.2, 0.25) is 0 Å². The first-order chi connectivity index (χ1) is 6.84. The number of pyridine rings is 1. The molecule has 0 radical (unpaired) electrons. The van der Waals surface area contributed by atoms with E-state index in [9.17, 15) is 4.79 Å². The second-order valence-corrected chi connectivity index (χ2v) is 3.14. The smallest absolute Gasteiger partial charge is 0.221 e. The van der Waals surface area contributed by atoms with Gasteiger partial charge in [-0.2, -0.15) is 0 Å². The Morgan fingerprint density at radius 3 is 3.07 bits per heavy atom. The largest absolute Gasteiger partial charge is 0.339 e. The van der Waals surface area contributed by atoms with E-state index in [1.54, 1.807) is 6.20 Å².